The van der Waals surface area contributed by atoms with Gasteiger partial charge in [-0.2, -0.15) is 5.10 Å². The summed E-state index contributed by atoms with van der Waals surface area (Å²) in [6.07, 6.45) is 1.76. The number of non-ortho nitro benzene ring substituents is 1. The number of aromatic nitrogens is 3. The maximum absolute atomic E-state index is 10.7. The molecule has 0 amide bonds. The number of H-pyrrole nitrogens is 1. The van der Waals surface area contributed by atoms with E-state index < -0.39 is 4.92 Å². The quantitative estimate of drug-likeness (QED) is 0.485. The van der Waals surface area contributed by atoms with E-state index in [4.69, 9.17) is 12.2 Å². The van der Waals surface area contributed by atoms with Gasteiger partial charge in [-0.15, -0.1) is 0 Å². The first-order chi connectivity index (χ1) is 9.61. The van der Waals surface area contributed by atoms with Crippen LogP contribution in [0.4, 0.5) is 5.69 Å². The molecule has 0 atom stereocenters. The summed E-state index contributed by atoms with van der Waals surface area (Å²) in [6, 6.07) is 6.49. The fourth-order valence-electron chi connectivity index (χ4n) is 1.83. The Morgan fingerprint density at radius 2 is 2.35 bits per heavy atom. The van der Waals surface area contributed by atoms with Crippen molar-refractivity contribution in [2.24, 2.45) is 0 Å². The van der Waals surface area contributed by atoms with Gasteiger partial charge in [-0.05, 0) is 24.2 Å². The Bertz CT molecular complexity index is 664. The number of nitrogens with zero attached hydrogens (tertiary/aromatic N) is 3. The van der Waals surface area contributed by atoms with Crippen molar-refractivity contribution in [2.45, 2.75) is 26.3 Å². The van der Waals surface area contributed by atoms with E-state index in [9.17, 15) is 10.1 Å². The molecule has 0 bridgehead atoms. The van der Waals surface area contributed by atoms with Crippen LogP contribution in [0.15, 0.2) is 24.3 Å². The fraction of sp³-hybridized carbons (Fsp3) is 0.333. The molecule has 0 aliphatic rings. The van der Waals surface area contributed by atoms with Crippen molar-refractivity contribution in [3.05, 3.63) is 50.5 Å². The number of hydrogen-bond donors (Lipinski definition) is 2. The third-order valence-corrected chi connectivity index (χ3v) is 3.05. The van der Waals surface area contributed by atoms with Gasteiger partial charge >= 0.3 is 0 Å². The summed E-state index contributed by atoms with van der Waals surface area (Å²) in [7, 11) is 0. The lowest BCUT2D eigenvalue weighted by molar-refractivity contribution is -0.384. The standard InChI is InChI=1S/C12H15N5O2S/c1-2-4-11-14-15-12(20)16(11)13-8-9-5-3-6-10(7-9)17(18)19/h3,5-7,13H,2,4,8H2,1H3,(H,15,20). The molecule has 20 heavy (non-hydrogen) atoms. The number of nitrogens with one attached hydrogen (secondary N) is 2. The topological polar surface area (TPSA) is 88.8 Å². The molecule has 1 aromatic carbocycles. The largest absolute Gasteiger partial charge is 0.318 e. The molecule has 0 fully saturated rings. The van der Waals surface area contributed by atoms with E-state index in [0.29, 0.717) is 11.3 Å². The molecule has 2 aromatic rings. The minimum atomic E-state index is -0.407. The van der Waals surface area contributed by atoms with Crippen LogP contribution in [0.1, 0.15) is 24.7 Å². The van der Waals surface area contributed by atoms with E-state index in [-0.39, 0.29) is 5.69 Å². The third kappa shape index (κ3) is 3.21. The van der Waals surface area contributed by atoms with Gasteiger partial charge < -0.3 is 5.43 Å². The maximum atomic E-state index is 10.7. The number of nitro groups is 1. The van der Waals surface area contributed by atoms with Crippen LogP contribution >= 0.6 is 12.2 Å². The molecule has 1 heterocycles. The highest BCUT2D eigenvalue weighted by Crippen LogP contribution is 2.13. The second-order valence-electron chi connectivity index (χ2n) is 4.29. The number of nitro benzene ring substituents is 1. The summed E-state index contributed by atoms with van der Waals surface area (Å²) in [5.41, 5.74) is 4.01. The molecule has 0 radical (unpaired) electrons. The molecule has 8 heteroatoms. The van der Waals surface area contributed by atoms with Gasteiger partial charge in [0, 0.05) is 18.6 Å². The zero-order valence-electron chi connectivity index (χ0n) is 11.0. The van der Waals surface area contributed by atoms with Gasteiger partial charge in [0.15, 0.2) is 5.82 Å². The van der Waals surface area contributed by atoms with Gasteiger partial charge in [-0.25, -0.2) is 4.68 Å². The van der Waals surface area contributed by atoms with E-state index >= 15 is 0 Å². The van der Waals surface area contributed by atoms with Crippen LogP contribution in [-0.4, -0.2) is 19.8 Å². The molecule has 106 valence electrons. The molecule has 1 aromatic heterocycles. The summed E-state index contributed by atoms with van der Waals surface area (Å²) >= 11 is 5.14. The van der Waals surface area contributed by atoms with Crippen LogP contribution in [-0.2, 0) is 13.0 Å². The second kappa shape index (κ2) is 6.29. The Kier molecular flexibility index (Phi) is 4.46. The molecule has 0 saturated heterocycles. The molecule has 0 saturated carbocycles. The first-order valence-electron chi connectivity index (χ1n) is 6.25. The zero-order chi connectivity index (χ0) is 14.5. The van der Waals surface area contributed by atoms with Gasteiger partial charge in [-0.1, -0.05) is 19.1 Å². The lowest BCUT2D eigenvalue weighted by Crippen LogP contribution is -2.17. The van der Waals surface area contributed by atoms with E-state index in [1.807, 2.05) is 6.07 Å². The van der Waals surface area contributed by atoms with Crippen molar-refractivity contribution in [2.75, 3.05) is 5.43 Å². The van der Waals surface area contributed by atoms with Crippen LogP contribution in [0.5, 0.6) is 0 Å². The van der Waals surface area contributed by atoms with Crippen molar-refractivity contribution >= 4 is 17.9 Å². The van der Waals surface area contributed by atoms with Crippen LogP contribution < -0.4 is 5.43 Å². The van der Waals surface area contributed by atoms with Gasteiger partial charge in [0.25, 0.3) is 5.69 Å². The van der Waals surface area contributed by atoms with Crippen molar-refractivity contribution in [1.82, 2.24) is 14.9 Å². The summed E-state index contributed by atoms with van der Waals surface area (Å²) in [6.45, 7) is 2.49. The van der Waals surface area contributed by atoms with Crippen molar-refractivity contribution in [3.63, 3.8) is 0 Å². The predicted octanol–water partition coefficient (Wildman–Crippen LogP) is 2.55. The van der Waals surface area contributed by atoms with Gasteiger partial charge in [0.2, 0.25) is 4.77 Å². The smallest absolute Gasteiger partial charge is 0.269 e. The number of aromatic amines is 1. The Morgan fingerprint density at radius 3 is 3.05 bits per heavy atom. The maximum Gasteiger partial charge on any atom is 0.269 e. The number of benzene rings is 1. The summed E-state index contributed by atoms with van der Waals surface area (Å²) in [5, 5.41) is 17.6. The minimum absolute atomic E-state index is 0.0777. The first kappa shape index (κ1) is 14.2. The number of aryl methyl sites for hydroxylation is 1. The molecular formula is C12H15N5O2S. The Hall–Kier alpha value is -2.22. The normalized spacial score (nSPS) is 10.4. The van der Waals surface area contributed by atoms with Gasteiger partial charge in [0.05, 0.1) is 11.5 Å². The third-order valence-electron chi connectivity index (χ3n) is 2.78. The summed E-state index contributed by atoms with van der Waals surface area (Å²) in [4.78, 5) is 10.3. The fourth-order valence-corrected chi connectivity index (χ4v) is 2.05. The van der Waals surface area contributed by atoms with Crippen LogP contribution in [0.25, 0.3) is 0 Å². The number of rotatable bonds is 6. The second-order valence-corrected chi connectivity index (χ2v) is 4.68. The van der Waals surface area contributed by atoms with E-state index in [0.717, 1.165) is 24.2 Å². The average molecular weight is 293 g/mol. The molecule has 0 aliphatic carbocycles. The summed E-state index contributed by atoms with van der Waals surface area (Å²) < 4.78 is 2.19. The molecule has 2 rings (SSSR count). The highest BCUT2D eigenvalue weighted by molar-refractivity contribution is 7.71. The van der Waals surface area contributed by atoms with Crippen LogP contribution in [0.2, 0.25) is 0 Å². The van der Waals surface area contributed by atoms with E-state index in [1.54, 1.807) is 10.7 Å². The Labute approximate surface area is 120 Å². The Morgan fingerprint density at radius 1 is 1.55 bits per heavy atom. The summed E-state index contributed by atoms with van der Waals surface area (Å²) in [5.74, 6) is 0.822. The van der Waals surface area contributed by atoms with E-state index in [1.165, 1.54) is 12.1 Å². The monoisotopic (exact) mass is 293 g/mol. The molecule has 0 unspecified atom stereocenters. The highest BCUT2D eigenvalue weighted by atomic mass is 32.1. The Balaban J connectivity index is 2.12. The van der Waals surface area contributed by atoms with Gasteiger partial charge in [-0.3, -0.25) is 15.2 Å². The number of hydrogen-bond acceptors (Lipinski definition) is 5. The molecule has 0 aliphatic heterocycles. The highest BCUT2D eigenvalue weighted by Gasteiger charge is 2.07. The minimum Gasteiger partial charge on any atom is -0.318 e. The van der Waals surface area contributed by atoms with Crippen molar-refractivity contribution in [3.8, 4) is 0 Å². The van der Waals surface area contributed by atoms with E-state index in [2.05, 4.69) is 22.5 Å². The van der Waals surface area contributed by atoms with Crippen molar-refractivity contribution in [1.29, 1.82) is 0 Å². The average Bonchev–Trinajstić information content (AvgIpc) is 2.78. The SMILES string of the molecule is CCCc1n[nH]c(=S)n1NCc1cccc([N+](=O)[O-])c1. The van der Waals surface area contributed by atoms with Crippen molar-refractivity contribution < 1.29 is 4.92 Å². The van der Waals surface area contributed by atoms with Crippen LogP contribution in [0, 0.1) is 14.9 Å². The molecule has 7 nitrogen and oxygen atoms in total. The lowest BCUT2D eigenvalue weighted by Gasteiger charge is -2.09. The molecule has 2 N–H and O–H groups in total. The molecule has 0 spiro atoms. The zero-order valence-corrected chi connectivity index (χ0v) is 11.8. The van der Waals surface area contributed by atoms with Gasteiger partial charge in [0.1, 0.15) is 0 Å². The lowest BCUT2D eigenvalue weighted by atomic mass is 10.2. The predicted molar refractivity (Wildman–Crippen MR) is 77.6 cm³/mol. The molecular weight excluding hydrogens is 278 g/mol. The first-order valence-corrected chi connectivity index (χ1v) is 6.66. The van der Waals surface area contributed by atoms with Crippen LogP contribution in [0.3, 0.4) is 0 Å².